The van der Waals surface area contributed by atoms with Gasteiger partial charge >= 0.3 is 0 Å². The molecular formula is C16H19N3S2. The van der Waals surface area contributed by atoms with Crippen LogP contribution < -0.4 is 5.32 Å². The van der Waals surface area contributed by atoms with Crippen LogP contribution >= 0.6 is 23.1 Å². The molecule has 0 aliphatic rings. The molecule has 1 aromatic carbocycles. The van der Waals surface area contributed by atoms with E-state index >= 15 is 0 Å². The number of imidazole rings is 1. The number of aromatic nitrogens is 2. The summed E-state index contributed by atoms with van der Waals surface area (Å²) in [5, 5.41) is 5.67. The summed E-state index contributed by atoms with van der Waals surface area (Å²) in [5.74, 6) is 0. The van der Waals surface area contributed by atoms with Gasteiger partial charge in [-0.25, -0.2) is 4.98 Å². The zero-order chi connectivity index (χ0) is 14.7. The SMILES string of the molecule is CCNC(Cc1cn2ccsc2n1)c1ccccc1SC. The second-order valence-electron chi connectivity index (χ2n) is 4.88. The summed E-state index contributed by atoms with van der Waals surface area (Å²) < 4.78 is 2.10. The highest BCUT2D eigenvalue weighted by Gasteiger charge is 2.16. The Morgan fingerprint density at radius 2 is 2.24 bits per heavy atom. The third-order valence-electron chi connectivity index (χ3n) is 3.52. The largest absolute Gasteiger partial charge is 0.310 e. The molecule has 0 fully saturated rings. The van der Waals surface area contributed by atoms with Crippen molar-refractivity contribution in [2.75, 3.05) is 12.8 Å². The van der Waals surface area contributed by atoms with Gasteiger partial charge in [-0.3, -0.25) is 4.40 Å². The van der Waals surface area contributed by atoms with Crippen molar-refractivity contribution in [1.29, 1.82) is 0 Å². The summed E-state index contributed by atoms with van der Waals surface area (Å²) in [6.07, 6.45) is 7.25. The van der Waals surface area contributed by atoms with Gasteiger partial charge in [-0.15, -0.1) is 23.1 Å². The number of thiazole rings is 1. The number of fused-ring (bicyclic) bond motifs is 1. The topological polar surface area (TPSA) is 29.3 Å². The molecule has 2 heterocycles. The monoisotopic (exact) mass is 317 g/mol. The lowest BCUT2D eigenvalue weighted by Gasteiger charge is -2.20. The highest BCUT2D eigenvalue weighted by molar-refractivity contribution is 7.98. The normalized spacial score (nSPS) is 12.9. The van der Waals surface area contributed by atoms with Crippen LogP contribution in [0.2, 0.25) is 0 Å². The summed E-state index contributed by atoms with van der Waals surface area (Å²) in [6, 6.07) is 8.94. The van der Waals surface area contributed by atoms with Crippen LogP contribution in [-0.4, -0.2) is 22.2 Å². The van der Waals surface area contributed by atoms with E-state index in [2.05, 4.69) is 64.9 Å². The molecule has 0 radical (unpaired) electrons. The highest BCUT2D eigenvalue weighted by atomic mass is 32.2. The molecule has 0 amide bonds. The van der Waals surface area contributed by atoms with Gasteiger partial charge in [-0.1, -0.05) is 25.1 Å². The molecule has 3 rings (SSSR count). The Morgan fingerprint density at radius 3 is 3.00 bits per heavy atom. The third kappa shape index (κ3) is 3.15. The molecule has 3 nitrogen and oxygen atoms in total. The molecule has 1 unspecified atom stereocenters. The van der Waals surface area contributed by atoms with Gasteiger partial charge < -0.3 is 5.32 Å². The Kier molecular flexibility index (Phi) is 4.63. The van der Waals surface area contributed by atoms with Crippen molar-refractivity contribution in [2.24, 2.45) is 0 Å². The minimum absolute atomic E-state index is 0.309. The molecule has 2 aromatic heterocycles. The van der Waals surface area contributed by atoms with E-state index in [1.54, 1.807) is 23.1 Å². The molecule has 5 heteroatoms. The maximum atomic E-state index is 4.71. The quantitative estimate of drug-likeness (QED) is 0.697. The average molecular weight is 317 g/mol. The van der Waals surface area contributed by atoms with Crippen molar-refractivity contribution in [3.8, 4) is 0 Å². The maximum absolute atomic E-state index is 4.71. The summed E-state index contributed by atoms with van der Waals surface area (Å²) in [5.41, 5.74) is 2.51. The fourth-order valence-corrected chi connectivity index (χ4v) is 3.96. The van der Waals surface area contributed by atoms with E-state index in [1.807, 2.05) is 0 Å². The Morgan fingerprint density at radius 1 is 1.38 bits per heavy atom. The van der Waals surface area contributed by atoms with Crippen LogP contribution in [0.5, 0.6) is 0 Å². The molecule has 3 aromatic rings. The molecule has 21 heavy (non-hydrogen) atoms. The number of benzene rings is 1. The van der Waals surface area contributed by atoms with E-state index in [0.29, 0.717) is 6.04 Å². The van der Waals surface area contributed by atoms with Gasteiger partial charge in [0.15, 0.2) is 4.96 Å². The Hall–Kier alpha value is -1.30. The van der Waals surface area contributed by atoms with Gasteiger partial charge in [0, 0.05) is 35.1 Å². The third-order valence-corrected chi connectivity index (χ3v) is 5.10. The molecule has 1 N–H and O–H groups in total. The second-order valence-corrected chi connectivity index (χ2v) is 6.60. The fourth-order valence-electron chi connectivity index (χ4n) is 2.58. The molecule has 110 valence electrons. The number of hydrogen-bond donors (Lipinski definition) is 1. The maximum Gasteiger partial charge on any atom is 0.193 e. The van der Waals surface area contributed by atoms with Gasteiger partial charge in [-0.2, -0.15) is 0 Å². The Labute approximate surface area is 133 Å². The lowest BCUT2D eigenvalue weighted by atomic mass is 10.0. The van der Waals surface area contributed by atoms with Crippen LogP contribution in [-0.2, 0) is 6.42 Å². The van der Waals surface area contributed by atoms with E-state index in [4.69, 9.17) is 4.98 Å². The number of nitrogens with one attached hydrogen (secondary N) is 1. The van der Waals surface area contributed by atoms with Crippen LogP contribution in [0.3, 0.4) is 0 Å². The van der Waals surface area contributed by atoms with E-state index in [-0.39, 0.29) is 0 Å². The second kappa shape index (κ2) is 6.64. The van der Waals surface area contributed by atoms with Crippen molar-refractivity contribution >= 4 is 28.1 Å². The zero-order valence-electron chi connectivity index (χ0n) is 12.2. The lowest BCUT2D eigenvalue weighted by molar-refractivity contribution is 0.538. The van der Waals surface area contributed by atoms with E-state index in [1.165, 1.54) is 10.5 Å². The summed E-state index contributed by atoms with van der Waals surface area (Å²) in [6.45, 7) is 3.11. The van der Waals surface area contributed by atoms with Crippen molar-refractivity contribution in [3.63, 3.8) is 0 Å². The molecule has 0 bridgehead atoms. The summed E-state index contributed by atoms with van der Waals surface area (Å²) in [7, 11) is 0. The molecule has 0 spiro atoms. The number of nitrogens with zero attached hydrogens (tertiary/aromatic N) is 2. The predicted molar refractivity (Wildman–Crippen MR) is 91.4 cm³/mol. The number of rotatable bonds is 6. The lowest BCUT2D eigenvalue weighted by Crippen LogP contribution is -2.23. The Balaban J connectivity index is 1.88. The first-order valence-corrected chi connectivity index (χ1v) is 9.19. The zero-order valence-corrected chi connectivity index (χ0v) is 13.9. The van der Waals surface area contributed by atoms with Crippen LogP contribution in [0.15, 0.2) is 46.9 Å². The van der Waals surface area contributed by atoms with Crippen molar-refractivity contribution in [3.05, 3.63) is 53.3 Å². The van der Waals surface area contributed by atoms with Crippen molar-refractivity contribution < 1.29 is 0 Å². The van der Waals surface area contributed by atoms with Crippen LogP contribution in [0.4, 0.5) is 0 Å². The first kappa shape index (κ1) is 14.6. The number of likely N-dealkylation sites (N-methyl/N-ethyl adjacent to an activating group) is 1. The Bertz CT molecular complexity index is 688. The minimum Gasteiger partial charge on any atom is -0.310 e. The summed E-state index contributed by atoms with van der Waals surface area (Å²) in [4.78, 5) is 7.12. The average Bonchev–Trinajstić information content (AvgIpc) is 3.08. The van der Waals surface area contributed by atoms with E-state index < -0.39 is 0 Å². The van der Waals surface area contributed by atoms with Gasteiger partial charge in [0.25, 0.3) is 0 Å². The molecule has 0 aliphatic carbocycles. The van der Waals surface area contributed by atoms with Crippen molar-refractivity contribution in [2.45, 2.75) is 24.3 Å². The van der Waals surface area contributed by atoms with Crippen LogP contribution in [0.1, 0.15) is 24.2 Å². The first-order valence-electron chi connectivity index (χ1n) is 7.09. The number of thioether (sulfide) groups is 1. The minimum atomic E-state index is 0.309. The number of hydrogen-bond acceptors (Lipinski definition) is 4. The fraction of sp³-hybridized carbons (Fsp3) is 0.312. The van der Waals surface area contributed by atoms with Gasteiger partial charge in [0.1, 0.15) is 0 Å². The van der Waals surface area contributed by atoms with Gasteiger partial charge in [0.05, 0.1) is 5.69 Å². The van der Waals surface area contributed by atoms with Gasteiger partial charge in [-0.05, 0) is 24.4 Å². The smallest absolute Gasteiger partial charge is 0.193 e. The van der Waals surface area contributed by atoms with Crippen molar-refractivity contribution in [1.82, 2.24) is 14.7 Å². The molecule has 0 saturated heterocycles. The van der Waals surface area contributed by atoms with Crippen LogP contribution in [0.25, 0.3) is 4.96 Å². The molecular weight excluding hydrogens is 298 g/mol. The summed E-state index contributed by atoms with van der Waals surface area (Å²) >= 11 is 3.48. The highest BCUT2D eigenvalue weighted by Crippen LogP contribution is 2.28. The molecule has 0 aliphatic heterocycles. The molecule has 1 atom stereocenters. The molecule has 0 saturated carbocycles. The van der Waals surface area contributed by atoms with Crippen LogP contribution in [0, 0.1) is 0 Å². The standard InChI is InChI=1S/C16H19N3S2/c1-3-17-14(13-6-4-5-7-15(13)20-2)10-12-11-19-8-9-21-16(19)18-12/h4-9,11,14,17H,3,10H2,1-2H3. The first-order chi connectivity index (χ1) is 10.3. The van der Waals surface area contributed by atoms with E-state index in [0.717, 1.165) is 23.6 Å². The van der Waals surface area contributed by atoms with E-state index in [9.17, 15) is 0 Å². The van der Waals surface area contributed by atoms with Gasteiger partial charge in [0.2, 0.25) is 0 Å². The predicted octanol–water partition coefficient (Wildman–Crippen LogP) is 4.01.